The van der Waals surface area contributed by atoms with Crippen molar-refractivity contribution >= 4 is 64.7 Å². The van der Waals surface area contributed by atoms with Crippen LogP contribution in [0.25, 0.3) is 0 Å². The van der Waals surface area contributed by atoms with Crippen molar-refractivity contribution < 1.29 is 110 Å². The van der Waals surface area contributed by atoms with E-state index in [0.717, 1.165) is 10.5 Å². The van der Waals surface area contributed by atoms with Crippen molar-refractivity contribution in [1.82, 2.24) is 9.80 Å². The number of carbonyl (C=O) groups is 11. The zero-order valence-electron chi connectivity index (χ0n) is 67.7. The second-order valence-corrected chi connectivity index (χ2v) is 32.8. The van der Waals surface area contributed by atoms with E-state index in [4.69, 9.17) is 47.4 Å². The van der Waals surface area contributed by atoms with Crippen molar-refractivity contribution in [3.63, 3.8) is 0 Å². The van der Waals surface area contributed by atoms with Gasteiger partial charge >= 0.3 is 29.8 Å². The number of rotatable bonds is 22. The number of esters is 5. The normalized spacial score (nSPS) is 35.4. The van der Waals surface area contributed by atoms with Gasteiger partial charge in [0, 0.05) is 134 Å². The summed E-state index contributed by atoms with van der Waals surface area (Å²) in [5.41, 5.74) is -0.506. The van der Waals surface area contributed by atoms with Crippen LogP contribution >= 0.6 is 0 Å². The smallest absolute Gasteiger partial charge is 0.329 e. The first-order valence-electron chi connectivity index (χ1n) is 39.9. The molecule has 2 N–H and O–H groups in total. The number of methoxy groups -OCH3 is 4. The molecule has 0 spiro atoms. The topological polar surface area (TPSA) is 327 Å². The largest absolute Gasteiger partial charge is 0.461 e. The fourth-order valence-electron chi connectivity index (χ4n) is 18.5. The number of ether oxygens (including phenoxy) is 10. The average Bonchev–Trinajstić information content (AvgIpc) is 1.68. The maximum absolute atomic E-state index is 14.8. The number of Topliss-reactive ketones (excluding diaryl/α,β-unsaturated/α-hetero) is 5. The van der Waals surface area contributed by atoms with Crippen LogP contribution in [0.5, 0.6) is 0 Å². The van der Waals surface area contributed by atoms with Gasteiger partial charge in [0.15, 0.2) is 11.6 Å². The lowest BCUT2D eigenvalue weighted by molar-refractivity contribution is -0.265. The number of hydrogen-bond donors (Lipinski definition) is 2. The molecule has 8 rings (SSSR count). The number of nitrogens with zero attached hydrogens (tertiary/aromatic N) is 2. The molecule has 4 heterocycles. The van der Waals surface area contributed by atoms with E-state index < -0.39 is 178 Å². The van der Waals surface area contributed by atoms with Gasteiger partial charge in [0.2, 0.25) is 17.4 Å². The van der Waals surface area contributed by atoms with E-state index in [0.29, 0.717) is 82.0 Å². The van der Waals surface area contributed by atoms with E-state index in [1.165, 1.54) is 28.3 Å². The lowest BCUT2D eigenvalue weighted by Crippen LogP contribution is -2.65. The Hall–Kier alpha value is -7.23. The summed E-state index contributed by atoms with van der Waals surface area (Å²) in [7, 11) is 5.88. The van der Waals surface area contributed by atoms with Crippen LogP contribution in [0.2, 0.25) is 0 Å². The summed E-state index contributed by atoms with van der Waals surface area (Å²) < 4.78 is 60.2. The molecule has 0 aromatic carbocycles. The van der Waals surface area contributed by atoms with Crippen LogP contribution < -0.4 is 0 Å². The second kappa shape index (κ2) is 39.7. The molecule has 3 unspecified atom stereocenters. The molecule has 614 valence electrons. The van der Waals surface area contributed by atoms with Crippen LogP contribution in [0.15, 0.2) is 95.7 Å². The molecule has 8 aliphatic rings. The number of piperidine rings is 1. The van der Waals surface area contributed by atoms with Gasteiger partial charge in [0.1, 0.15) is 42.7 Å². The Morgan fingerprint density at radius 3 is 2.14 bits per heavy atom. The highest BCUT2D eigenvalue weighted by atomic mass is 16.6. The molecule has 4 fully saturated rings. The molecule has 0 radical (unpaired) electrons. The molecule has 2 bridgehead atoms. The minimum absolute atomic E-state index is 0.0118. The van der Waals surface area contributed by atoms with Crippen LogP contribution in [0.4, 0.5) is 0 Å². The second-order valence-electron chi connectivity index (χ2n) is 32.8. The number of fused-ring (bicyclic) bond motifs is 7. The van der Waals surface area contributed by atoms with E-state index in [1.807, 2.05) is 63.0 Å². The number of amides is 1. The standard InChI is InChI=1S/C86H122N2O23/c1-17-37-87(38-18-2)47-59-73-78(96)77(95)72-60-34-36-68(84(60,11)46-67(106-56(10)89)74(72)85(73,12)69(48-102-13)110-82(59)99)109-71(92)30-23-22-29-70(91)107-63-35-32-57(43-66(63)104-15)42-52(6)65-45-62(90)51(5)41-54(8)76(94)79(105-16)75(93)53(7)40-49(3)26-20-19-21-27-50(4)64(103-14)44-58-33-31-55(9)86(101,111-58)80(97)81(98)88-39-25-24-28-61(88)83(100)108-65/h17-21,26-27,34,41,49,52-55,57-59,61,63-69,73,76,79,94,101H,1-2,22-25,28-33,35-40,42-48H2,3-16H3/t49-,52-,53-,54?,55-,57+,58+,59?,61+,63-,64+,65+,66-,67-,68+,69-,73?,76-,79+,84+,85+,86-/m1/s1. The van der Waals surface area contributed by atoms with E-state index in [1.54, 1.807) is 66.0 Å². The minimum atomic E-state index is -2.51. The van der Waals surface area contributed by atoms with E-state index in [-0.39, 0.29) is 106 Å². The van der Waals surface area contributed by atoms with Gasteiger partial charge in [0.25, 0.3) is 11.7 Å². The molecule has 1 saturated carbocycles. The van der Waals surface area contributed by atoms with Crippen molar-refractivity contribution in [2.24, 2.45) is 58.2 Å². The fourth-order valence-corrected chi connectivity index (χ4v) is 18.5. The highest BCUT2D eigenvalue weighted by Gasteiger charge is 2.68. The molecular formula is C86H122N2O23. The Labute approximate surface area is 654 Å². The first-order chi connectivity index (χ1) is 52.6. The van der Waals surface area contributed by atoms with Crippen LogP contribution in [-0.4, -0.2) is 219 Å². The van der Waals surface area contributed by atoms with Crippen molar-refractivity contribution in [3.8, 4) is 0 Å². The summed E-state index contributed by atoms with van der Waals surface area (Å²) in [6.45, 7) is 25.6. The summed E-state index contributed by atoms with van der Waals surface area (Å²) >= 11 is 0. The van der Waals surface area contributed by atoms with Crippen LogP contribution in [-0.2, 0) is 100 Å². The summed E-state index contributed by atoms with van der Waals surface area (Å²) in [6.07, 6.45) is 12.0. The summed E-state index contributed by atoms with van der Waals surface area (Å²) in [5, 5.41) is 23.9. The van der Waals surface area contributed by atoms with Crippen molar-refractivity contribution in [2.45, 2.75) is 258 Å². The highest BCUT2D eigenvalue weighted by Crippen LogP contribution is 2.62. The Kier molecular flexibility index (Phi) is 31.9. The number of aliphatic hydroxyl groups is 2. The maximum Gasteiger partial charge on any atom is 0.329 e. The number of cyclic esters (lactones) is 2. The molecule has 25 nitrogen and oxygen atoms in total. The van der Waals surface area contributed by atoms with E-state index >= 15 is 0 Å². The molecule has 25 heteroatoms. The fraction of sp³-hybridized carbons (Fsp3) is 0.686. The average molecular weight is 1550 g/mol. The number of hydrogen-bond acceptors (Lipinski definition) is 24. The summed E-state index contributed by atoms with van der Waals surface area (Å²) in [4.78, 5) is 160. The third kappa shape index (κ3) is 20.7. The van der Waals surface area contributed by atoms with E-state index in [9.17, 15) is 63.0 Å². The first kappa shape index (κ1) is 89.3. The molecule has 0 aromatic rings. The molecular weight excluding hydrogens is 1430 g/mol. The Bertz CT molecular complexity index is 3630. The molecule has 1 amide bonds. The molecule has 22 atom stereocenters. The summed E-state index contributed by atoms with van der Waals surface area (Å²) in [5.74, 6) is -15.3. The SMILES string of the molecule is C=CCN(CC=C)CC1C(=O)O[C@H](COC)[C@]2(C)C3=C(C(=O)C(=O)C12)C1=CC[C@H](OC(=O)CCCCC(=O)O[C@@H]2CC[C@@H](C[C@@H](C)[C@@H]4CC(=O)C(C)=CC(C)[C@@H](O)[C@@H](OC)C(=O)[C@H](C)C[C@H](C)C=CC=CC=C(C)[C@@H](OC)C[C@@H]5CC[C@@H](C)[C@@](O)(O5)C(=O)C(=O)N5CCCC[C@H]5C(=O)O4)C[C@H]2OC)[C@@]1(C)C[C@H]3OC(C)=O. The Morgan fingerprint density at radius 2 is 1.49 bits per heavy atom. The zero-order valence-corrected chi connectivity index (χ0v) is 67.7. The predicted molar refractivity (Wildman–Crippen MR) is 409 cm³/mol. The zero-order chi connectivity index (χ0) is 81.6. The van der Waals surface area contributed by atoms with Gasteiger partial charge in [-0.2, -0.15) is 0 Å². The van der Waals surface area contributed by atoms with E-state index in [2.05, 4.69) is 13.2 Å². The van der Waals surface area contributed by atoms with Crippen LogP contribution in [0.3, 0.4) is 0 Å². The first-order valence-corrected chi connectivity index (χ1v) is 39.9. The van der Waals surface area contributed by atoms with Crippen molar-refractivity contribution in [3.05, 3.63) is 95.7 Å². The number of unbranched alkanes of at least 4 members (excludes halogenated alkanes) is 1. The number of aliphatic hydroxyl groups excluding tert-OH is 1. The van der Waals surface area contributed by atoms with Gasteiger partial charge in [-0.1, -0.05) is 103 Å². The number of allylic oxidation sites excluding steroid dienone is 7. The van der Waals surface area contributed by atoms with Gasteiger partial charge in [-0.25, -0.2) is 4.79 Å². The van der Waals surface area contributed by atoms with Gasteiger partial charge in [-0.3, -0.25) is 52.8 Å². The summed E-state index contributed by atoms with van der Waals surface area (Å²) in [6, 6.07) is -1.25. The highest BCUT2D eigenvalue weighted by molar-refractivity contribution is 6.47. The third-order valence-electron chi connectivity index (χ3n) is 24.8. The molecule has 3 saturated heterocycles. The van der Waals surface area contributed by atoms with Crippen LogP contribution in [0.1, 0.15) is 185 Å². The quantitative estimate of drug-likeness (QED) is 0.0335. The maximum atomic E-state index is 14.8. The van der Waals surface area contributed by atoms with Gasteiger partial charge in [0.05, 0.1) is 42.9 Å². The molecule has 111 heavy (non-hydrogen) atoms. The lowest BCUT2D eigenvalue weighted by atomic mass is 9.50. The predicted octanol–water partition coefficient (Wildman–Crippen LogP) is 9.81. The number of carbonyl (C=O) groups excluding carboxylic acids is 11. The van der Waals surface area contributed by atoms with Crippen molar-refractivity contribution in [1.29, 1.82) is 0 Å². The molecule has 4 aliphatic heterocycles. The van der Waals surface area contributed by atoms with Gasteiger partial charge in [-0.15, -0.1) is 13.2 Å². The Balaban J connectivity index is 0.924. The number of ketones is 5. The van der Waals surface area contributed by atoms with Gasteiger partial charge < -0.3 is 62.5 Å². The lowest BCUT2D eigenvalue weighted by Gasteiger charge is -2.56. The van der Waals surface area contributed by atoms with Gasteiger partial charge in [-0.05, 0) is 131 Å². The van der Waals surface area contributed by atoms with Crippen LogP contribution in [0, 0.1) is 58.2 Å². The minimum Gasteiger partial charge on any atom is -0.461 e. The molecule has 4 aliphatic carbocycles. The Morgan fingerprint density at radius 1 is 0.793 bits per heavy atom. The monoisotopic (exact) mass is 1550 g/mol. The molecule has 0 aromatic heterocycles. The van der Waals surface area contributed by atoms with Crippen molar-refractivity contribution in [2.75, 3.05) is 61.2 Å². The third-order valence-corrected chi connectivity index (χ3v) is 24.8.